The van der Waals surface area contributed by atoms with E-state index in [1.165, 1.54) is 42.5 Å². The largest absolute Gasteiger partial charge is 0.338 e. The van der Waals surface area contributed by atoms with Crippen molar-refractivity contribution in [3.8, 4) is 0 Å². The zero-order valence-electron chi connectivity index (χ0n) is 12.3. The van der Waals surface area contributed by atoms with Crippen molar-refractivity contribution in [1.29, 1.82) is 0 Å². The van der Waals surface area contributed by atoms with E-state index in [4.69, 9.17) is 0 Å². The van der Waals surface area contributed by atoms with E-state index in [-0.39, 0.29) is 5.91 Å². The van der Waals surface area contributed by atoms with Gasteiger partial charge in [-0.15, -0.1) is 11.3 Å². The average Bonchev–Trinajstić information content (AvgIpc) is 3.01. The third-order valence-electron chi connectivity index (χ3n) is 4.52. The highest BCUT2D eigenvalue weighted by Gasteiger charge is 2.28. The Morgan fingerprint density at radius 3 is 3.10 bits per heavy atom. The second kappa shape index (κ2) is 6.27. The fourth-order valence-electron chi connectivity index (χ4n) is 3.40. The highest BCUT2D eigenvalue weighted by Crippen LogP contribution is 2.30. The van der Waals surface area contributed by atoms with Gasteiger partial charge in [-0.25, -0.2) is 0 Å². The third kappa shape index (κ3) is 2.91. The Hall–Kier alpha value is -0.870. The Morgan fingerprint density at radius 2 is 2.25 bits per heavy atom. The SMILES string of the molecule is CNCC1CCN(C(=O)c2cc3c(s2)CCCCC3)C1. The summed E-state index contributed by atoms with van der Waals surface area (Å²) in [5.74, 6) is 0.892. The van der Waals surface area contributed by atoms with Crippen molar-refractivity contribution < 1.29 is 4.79 Å². The molecule has 1 aromatic heterocycles. The number of nitrogens with zero attached hydrogens (tertiary/aromatic N) is 1. The van der Waals surface area contributed by atoms with Crippen molar-refractivity contribution in [2.75, 3.05) is 26.7 Å². The molecule has 3 nitrogen and oxygen atoms in total. The van der Waals surface area contributed by atoms with Gasteiger partial charge in [0, 0.05) is 18.0 Å². The Morgan fingerprint density at radius 1 is 1.40 bits per heavy atom. The average molecular weight is 292 g/mol. The number of carbonyl (C=O) groups is 1. The van der Waals surface area contributed by atoms with Gasteiger partial charge < -0.3 is 10.2 Å². The standard InChI is InChI=1S/C16H24N2OS/c1-17-10-12-7-8-18(11-12)16(19)15-9-13-5-3-2-4-6-14(13)20-15/h9,12,17H,2-8,10-11H2,1H3. The summed E-state index contributed by atoms with van der Waals surface area (Å²) in [6.45, 7) is 2.86. The summed E-state index contributed by atoms with van der Waals surface area (Å²) < 4.78 is 0. The van der Waals surface area contributed by atoms with Crippen molar-refractivity contribution in [2.45, 2.75) is 38.5 Å². The predicted octanol–water partition coefficient (Wildman–Crippen LogP) is 2.70. The summed E-state index contributed by atoms with van der Waals surface area (Å²) in [5.41, 5.74) is 1.45. The number of carbonyl (C=O) groups excluding carboxylic acids is 1. The number of aryl methyl sites for hydroxylation is 2. The lowest BCUT2D eigenvalue weighted by molar-refractivity contribution is 0.0792. The number of nitrogens with one attached hydrogen (secondary N) is 1. The molecule has 1 unspecified atom stereocenters. The van der Waals surface area contributed by atoms with E-state index in [1.807, 2.05) is 11.9 Å². The Balaban J connectivity index is 1.69. The topological polar surface area (TPSA) is 32.3 Å². The molecule has 1 aromatic rings. The summed E-state index contributed by atoms with van der Waals surface area (Å²) >= 11 is 1.75. The fraction of sp³-hybridized carbons (Fsp3) is 0.688. The van der Waals surface area contributed by atoms with Crippen molar-refractivity contribution in [1.82, 2.24) is 10.2 Å². The van der Waals surface area contributed by atoms with Crippen LogP contribution in [0.1, 0.15) is 45.8 Å². The summed E-state index contributed by atoms with van der Waals surface area (Å²) in [4.78, 5) is 17.1. The zero-order valence-corrected chi connectivity index (χ0v) is 13.1. The second-order valence-electron chi connectivity index (χ2n) is 6.08. The van der Waals surface area contributed by atoms with Crippen LogP contribution in [0.15, 0.2) is 6.07 Å². The monoisotopic (exact) mass is 292 g/mol. The van der Waals surface area contributed by atoms with Gasteiger partial charge in [-0.1, -0.05) is 6.42 Å². The van der Waals surface area contributed by atoms with Crippen LogP contribution in [0.25, 0.3) is 0 Å². The molecule has 1 atom stereocenters. The molecule has 110 valence electrons. The highest BCUT2D eigenvalue weighted by molar-refractivity contribution is 7.14. The van der Waals surface area contributed by atoms with Crippen molar-refractivity contribution in [3.05, 3.63) is 21.4 Å². The lowest BCUT2D eigenvalue weighted by Crippen LogP contribution is -2.29. The molecule has 1 saturated heterocycles. The number of amides is 1. The molecule has 20 heavy (non-hydrogen) atoms. The van der Waals surface area contributed by atoms with Gasteiger partial charge in [0.1, 0.15) is 0 Å². The minimum Gasteiger partial charge on any atom is -0.338 e. The van der Waals surface area contributed by atoms with Gasteiger partial charge in [0.15, 0.2) is 0 Å². The van der Waals surface area contributed by atoms with Crippen LogP contribution in [0.5, 0.6) is 0 Å². The molecule has 3 rings (SSSR count). The van der Waals surface area contributed by atoms with E-state index in [9.17, 15) is 4.79 Å². The molecular weight excluding hydrogens is 268 g/mol. The minimum atomic E-state index is 0.265. The molecule has 0 radical (unpaired) electrons. The van der Waals surface area contributed by atoms with Gasteiger partial charge in [-0.2, -0.15) is 0 Å². The quantitative estimate of drug-likeness (QED) is 0.869. The van der Waals surface area contributed by atoms with Crippen molar-refractivity contribution in [3.63, 3.8) is 0 Å². The van der Waals surface area contributed by atoms with Gasteiger partial charge in [0.25, 0.3) is 5.91 Å². The van der Waals surface area contributed by atoms with Crippen LogP contribution in [0.4, 0.5) is 0 Å². The van der Waals surface area contributed by atoms with Gasteiger partial charge in [0.05, 0.1) is 4.88 Å². The Bertz CT molecular complexity index is 459. The van der Waals surface area contributed by atoms with Crippen LogP contribution in [-0.2, 0) is 12.8 Å². The third-order valence-corrected chi connectivity index (χ3v) is 5.75. The van der Waals surface area contributed by atoms with Crippen LogP contribution in [0, 0.1) is 5.92 Å². The number of likely N-dealkylation sites (tertiary alicyclic amines) is 1. The van der Waals surface area contributed by atoms with Crippen LogP contribution in [0.3, 0.4) is 0 Å². The molecule has 1 fully saturated rings. The summed E-state index contributed by atoms with van der Waals surface area (Å²) in [6.07, 6.45) is 7.39. The van der Waals surface area contributed by atoms with E-state index in [2.05, 4.69) is 11.4 Å². The lowest BCUT2D eigenvalue weighted by atomic mass is 10.1. The van der Waals surface area contributed by atoms with E-state index >= 15 is 0 Å². The van der Waals surface area contributed by atoms with Crippen LogP contribution < -0.4 is 5.32 Å². The number of fused-ring (bicyclic) bond motifs is 1. The van der Waals surface area contributed by atoms with Gasteiger partial charge >= 0.3 is 0 Å². The molecule has 0 saturated carbocycles. The molecule has 1 aliphatic carbocycles. The van der Waals surface area contributed by atoms with E-state index in [1.54, 1.807) is 11.3 Å². The summed E-state index contributed by atoms with van der Waals surface area (Å²) in [6, 6.07) is 2.18. The van der Waals surface area contributed by atoms with Crippen LogP contribution >= 0.6 is 11.3 Å². The molecule has 0 spiro atoms. The predicted molar refractivity (Wildman–Crippen MR) is 83.5 cm³/mol. The molecule has 4 heteroatoms. The first-order valence-electron chi connectivity index (χ1n) is 7.83. The fourth-order valence-corrected chi connectivity index (χ4v) is 4.62. The minimum absolute atomic E-state index is 0.265. The van der Waals surface area contributed by atoms with Gasteiger partial charge in [-0.05, 0) is 63.2 Å². The van der Waals surface area contributed by atoms with Crippen LogP contribution in [0.2, 0.25) is 0 Å². The summed E-state index contributed by atoms with van der Waals surface area (Å²) in [5, 5.41) is 3.22. The first-order valence-corrected chi connectivity index (χ1v) is 8.65. The Labute approximate surface area is 125 Å². The lowest BCUT2D eigenvalue weighted by Gasteiger charge is -2.15. The number of hydrogen-bond donors (Lipinski definition) is 1. The molecule has 1 amide bonds. The second-order valence-corrected chi connectivity index (χ2v) is 7.22. The van der Waals surface area contributed by atoms with Gasteiger partial charge in [-0.3, -0.25) is 4.79 Å². The first-order chi connectivity index (χ1) is 9.78. The summed E-state index contributed by atoms with van der Waals surface area (Å²) in [7, 11) is 1.99. The number of rotatable bonds is 3. The van der Waals surface area contributed by atoms with Gasteiger partial charge in [0.2, 0.25) is 0 Å². The maximum Gasteiger partial charge on any atom is 0.263 e. The Kier molecular flexibility index (Phi) is 4.41. The van der Waals surface area contributed by atoms with E-state index in [0.29, 0.717) is 5.92 Å². The molecule has 0 bridgehead atoms. The number of thiophene rings is 1. The van der Waals surface area contributed by atoms with E-state index in [0.717, 1.165) is 30.9 Å². The van der Waals surface area contributed by atoms with E-state index < -0.39 is 0 Å². The first kappa shape index (κ1) is 14.1. The molecular formula is C16H24N2OS. The molecule has 1 N–H and O–H groups in total. The smallest absolute Gasteiger partial charge is 0.263 e. The molecule has 1 aliphatic heterocycles. The van der Waals surface area contributed by atoms with Crippen molar-refractivity contribution >= 4 is 17.2 Å². The zero-order chi connectivity index (χ0) is 13.9. The maximum absolute atomic E-state index is 12.6. The maximum atomic E-state index is 12.6. The number of hydrogen-bond acceptors (Lipinski definition) is 3. The highest BCUT2D eigenvalue weighted by atomic mass is 32.1. The van der Waals surface area contributed by atoms with Crippen molar-refractivity contribution in [2.24, 2.45) is 5.92 Å². The molecule has 2 aliphatic rings. The molecule has 0 aromatic carbocycles. The molecule has 2 heterocycles. The van der Waals surface area contributed by atoms with Crippen LogP contribution in [-0.4, -0.2) is 37.5 Å². The normalized spacial score (nSPS) is 22.6.